The van der Waals surface area contributed by atoms with E-state index in [0.717, 1.165) is 11.6 Å². The number of carbonyl (C=O) groups excluding carboxylic acids is 1. The number of hydrogen-bond acceptors (Lipinski definition) is 4. The minimum Gasteiger partial charge on any atom is -0.324 e. The van der Waals surface area contributed by atoms with Gasteiger partial charge in [-0.3, -0.25) is 4.79 Å². The van der Waals surface area contributed by atoms with Gasteiger partial charge in [0, 0.05) is 37.1 Å². The summed E-state index contributed by atoms with van der Waals surface area (Å²) in [5.41, 5.74) is 1.07. The van der Waals surface area contributed by atoms with Crippen molar-refractivity contribution in [3.63, 3.8) is 0 Å². The van der Waals surface area contributed by atoms with E-state index in [1.807, 2.05) is 0 Å². The van der Waals surface area contributed by atoms with Crippen LogP contribution in [-0.4, -0.2) is 29.5 Å². The quantitative estimate of drug-likeness (QED) is 0.606. The van der Waals surface area contributed by atoms with Crippen molar-refractivity contribution in [2.45, 2.75) is 12.6 Å². The van der Waals surface area contributed by atoms with E-state index in [1.165, 1.54) is 29.2 Å². The molecule has 1 aromatic heterocycles. The van der Waals surface area contributed by atoms with Gasteiger partial charge in [-0.05, 0) is 35.7 Å². The van der Waals surface area contributed by atoms with Crippen LogP contribution in [0.25, 0.3) is 10.8 Å². The number of carbonyl (C=O) groups is 1. The molecule has 1 aliphatic heterocycles. The lowest BCUT2D eigenvalue weighted by Gasteiger charge is -2.34. The van der Waals surface area contributed by atoms with E-state index >= 15 is 0 Å². The number of nitrogens with zero attached hydrogens (tertiary/aromatic N) is 2. The second-order valence-electron chi connectivity index (χ2n) is 7.03. The lowest BCUT2D eigenvalue weighted by atomic mass is 9.94. The maximum Gasteiger partial charge on any atom is 0.322 e. The third-order valence-electron chi connectivity index (χ3n) is 5.20. The molecule has 0 bridgehead atoms. The van der Waals surface area contributed by atoms with Crippen molar-refractivity contribution >= 4 is 22.5 Å². The molecule has 0 radical (unpaired) electrons. The van der Waals surface area contributed by atoms with E-state index in [0.29, 0.717) is 24.2 Å². The summed E-state index contributed by atoms with van der Waals surface area (Å²) < 4.78 is 27.2. The average Bonchev–Trinajstić information content (AvgIpc) is 2.74. The molecule has 3 N–H and O–H groups in total. The number of aromatic nitrogens is 1. The van der Waals surface area contributed by atoms with Crippen LogP contribution >= 0.6 is 0 Å². The molecule has 0 spiro atoms. The molecule has 2 amide bonds. The summed E-state index contributed by atoms with van der Waals surface area (Å²) in [6, 6.07) is 8.53. The van der Waals surface area contributed by atoms with E-state index in [-0.39, 0.29) is 16.6 Å². The molecule has 0 fully saturated rings. The summed E-state index contributed by atoms with van der Waals surface area (Å²) >= 11 is 0. The number of pyridine rings is 1. The number of halogens is 2. The smallest absolute Gasteiger partial charge is 0.322 e. The molecule has 9 heteroatoms. The lowest BCUT2D eigenvalue weighted by Crippen LogP contribution is -2.43. The molecule has 3 aromatic rings. The zero-order chi connectivity index (χ0) is 21.4. The van der Waals surface area contributed by atoms with E-state index in [4.69, 9.17) is 5.26 Å². The standard InChI is InChI=1S/C21H17F2N5O2/c1-28(21(30)26-13-3-5-16(23)11(6-13)8-24)18-10-25-9-17-19(18)14-4-2-12(22)7-15(14)20(29)27-17/h2-7,18,25H,9-10H2,1H3,(H,26,30)(H,27,29)/t18-/m0/s1. The highest BCUT2D eigenvalue weighted by Gasteiger charge is 2.30. The van der Waals surface area contributed by atoms with Crippen LogP contribution < -0.4 is 16.2 Å². The maximum atomic E-state index is 13.7. The lowest BCUT2D eigenvalue weighted by molar-refractivity contribution is 0.200. The Labute approximate surface area is 169 Å². The van der Waals surface area contributed by atoms with Gasteiger partial charge < -0.3 is 20.5 Å². The Morgan fingerprint density at radius 3 is 2.80 bits per heavy atom. The van der Waals surface area contributed by atoms with Gasteiger partial charge in [0.1, 0.15) is 17.7 Å². The normalized spacial score (nSPS) is 15.3. The van der Waals surface area contributed by atoms with Crippen LogP contribution in [0, 0.1) is 23.0 Å². The molecular weight excluding hydrogens is 392 g/mol. The molecule has 7 nitrogen and oxygen atoms in total. The first-order valence-corrected chi connectivity index (χ1v) is 9.17. The average molecular weight is 409 g/mol. The number of fused-ring (bicyclic) bond motifs is 3. The Kier molecular flexibility index (Phi) is 4.93. The highest BCUT2D eigenvalue weighted by molar-refractivity contribution is 5.91. The fraction of sp³-hybridized carbons (Fsp3) is 0.190. The van der Waals surface area contributed by atoms with Gasteiger partial charge in [-0.25, -0.2) is 13.6 Å². The molecule has 2 aromatic carbocycles. The van der Waals surface area contributed by atoms with Gasteiger partial charge in [0.2, 0.25) is 0 Å². The summed E-state index contributed by atoms with van der Waals surface area (Å²) in [7, 11) is 1.59. The minimum atomic E-state index is -0.670. The largest absolute Gasteiger partial charge is 0.324 e. The SMILES string of the molecule is CN(C(=O)Nc1ccc(F)c(C#N)c1)[C@H]1CNCc2[nH]c(=O)c3cc(F)ccc3c21. The van der Waals surface area contributed by atoms with Gasteiger partial charge >= 0.3 is 6.03 Å². The van der Waals surface area contributed by atoms with Gasteiger partial charge in [-0.2, -0.15) is 5.26 Å². The number of nitriles is 1. The highest BCUT2D eigenvalue weighted by Crippen LogP contribution is 2.31. The molecule has 1 atom stereocenters. The predicted molar refractivity (Wildman–Crippen MR) is 107 cm³/mol. The van der Waals surface area contributed by atoms with Gasteiger partial charge in [-0.1, -0.05) is 6.07 Å². The van der Waals surface area contributed by atoms with Crippen LogP contribution in [0.3, 0.4) is 0 Å². The molecule has 152 valence electrons. The Morgan fingerprint density at radius 1 is 1.23 bits per heavy atom. The van der Waals surface area contributed by atoms with Crippen LogP contribution in [0.15, 0.2) is 41.2 Å². The van der Waals surface area contributed by atoms with Gasteiger partial charge in [-0.15, -0.1) is 0 Å². The molecule has 0 saturated carbocycles. The van der Waals surface area contributed by atoms with Crippen LogP contribution in [0.5, 0.6) is 0 Å². The van der Waals surface area contributed by atoms with Crippen molar-refractivity contribution in [1.82, 2.24) is 15.2 Å². The van der Waals surface area contributed by atoms with Crippen LogP contribution in [0.4, 0.5) is 19.3 Å². The molecular formula is C21H17F2N5O2. The van der Waals surface area contributed by atoms with E-state index in [9.17, 15) is 18.4 Å². The fourth-order valence-electron chi connectivity index (χ4n) is 3.70. The van der Waals surface area contributed by atoms with Crippen molar-refractivity contribution in [1.29, 1.82) is 5.26 Å². The number of H-pyrrole nitrogens is 1. The number of rotatable bonds is 2. The number of amides is 2. The van der Waals surface area contributed by atoms with Crippen molar-refractivity contribution < 1.29 is 13.6 Å². The number of likely N-dealkylation sites (N-methyl/N-ethyl adjacent to an activating group) is 1. The third-order valence-corrected chi connectivity index (χ3v) is 5.20. The van der Waals surface area contributed by atoms with Crippen molar-refractivity contribution in [3.8, 4) is 6.07 Å². The highest BCUT2D eigenvalue weighted by atomic mass is 19.1. The number of urea groups is 1. The minimum absolute atomic E-state index is 0.175. The fourth-order valence-corrected chi connectivity index (χ4v) is 3.70. The molecule has 1 aliphatic rings. The first-order valence-electron chi connectivity index (χ1n) is 9.17. The predicted octanol–water partition coefficient (Wildman–Crippen LogP) is 2.99. The van der Waals surface area contributed by atoms with Crippen molar-refractivity contribution in [3.05, 3.63) is 75.2 Å². The molecule has 4 rings (SSSR count). The number of hydrogen-bond donors (Lipinski definition) is 3. The number of benzene rings is 2. The Morgan fingerprint density at radius 2 is 2.03 bits per heavy atom. The zero-order valence-electron chi connectivity index (χ0n) is 15.9. The second kappa shape index (κ2) is 7.57. The third kappa shape index (κ3) is 3.38. The van der Waals surface area contributed by atoms with Crippen molar-refractivity contribution in [2.24, 2.45) is 0 Å². The molecule has 2 heterocycles. The summed E-state index contributed by atoms with van der Waals surface area (Å²) in [6.45, 7) is 0.829. The first-order chi connectivity index (χ1) is 14.4. The zero-order valence-corrected chi connectivity index (χ0v) is 15.9. The molecule has 0 saturated heterocycles. The number of nitrogens with one attached hydrogen (secondary N) is 3. The topological polar surface area (TPSA) is 101 Å². The Bertz CT molecular complexity index is 1260. The second-order valence-corrected chi connectivity index (χ2v) is 7.03. The maximum absolute atomic E-state index is 13.7. The number of aromatic amines is 1. The van der Waals surface area contributed by atoms with Gasteiger partial charge in [0.15, 0.2) is 0 Å². The Balaban J connectivity index is 1.70. The monoisotopic (exact) mass is 409 g/mol. The van der Waals surface area contributed by atoms with Gasteiger partial charge in [0.25, 0.3) is 5.56 Å². The summed E-state index contributed by atoms with van der Waals surface area (Å²) in [4.78, 5) is 29.4. The van der Waals surface area contributed by atoms with Gasteiger partial charge in [0.05, 0.1) is 17.0 Å². The summed E-state index contributed by atoms with van der Waals surface area (Å²) in [5.74, 6) is -1.19. The summed E-state index contributed by atoms with van der Waals surface area (Å²) in [5, 5.41) is 15.6. The van der Waals surface area contributed by atoms with E-state index in [1.54, 1.807) is 19.2 Å². The molecule has 30 heavy (non-hydrogen) atoms. The molecule has 0 unspecified atom stereocenters. The van der Waals surface area contributed by atoms with E-state index < -0.39 is 29.3 Å². The van der Waals surface area contributed by atoms with Crippen LogP contribution in [0.2, 0.25) is 0 Å². The van der Waals surface area contributed by atoms with Crippen molar-refractivity contribution in [2.75, 3.05) is 18.9 Å². The van der Waals surface area contributed by atoms with Crippen LogP contribution in [-0.2, 0) is 6.54 Å². The first kappa shape index (κ1) is 19.5. The molecule has 0 aliphatic carbocycles. The summed E-state index contributed by atoms with van der Waals surface area (Å²) in [6.07, 6.45) is 0. The number of anilines is 1. The Hall–Kier alpha value is -3.77. The van der Waals surface area contributed by atoms with E-state index in [2.05, 4.69) is 15.6 Å². The van der Waals surface area contributed by atoms with Crippen LogP contribution in [0.1, 0.15) is 22.9 Å².